The van der Waals surface area contributed by atoms with E-state index in [1.54, 1.807) is 0 Å². The molecule has 0 radical (unpaired) electrons. The highest BCUT2D eigenvalue weighted by atomic mass is 16.3. The van der Waals surface area contributed by atoms with Crippen molar-refractivity contribution in [2.24, 2.45) is 5.92 Å². The minimum Gasteiger partial charge on any atom is -0.393 e. The van der Waals surface area contributed by atoms with Gasteiger partial charge in [-0.25, -0.2) is 0 Å². The first-order valence-electron chi connectivity index (χ1n) is 6.09. The van der Waals surface area contributed by atoms with Crippen LogP contribution in [0.3, 0.4) is 0 Å². The van der Waals surface area contributed by atoms with Crippen LogP contribution in [0.2, 0.25) is 0 Å². The topological polar surface area (TPSA) is 23.5 Å². The van der Waals surface area contributed by atoms with Crippen LogP contribution < -0.4 is 0 Å². The van der Waals surface area contributed by atoms with Crippen LogP contribution in [0, 0.1) is 5.92 Å². The number of hydrogen-bond donors (Lipinski definition) is 1. The van der Waals surface area contributed by atoms with Gasteiger partial charge in [-0.3, -0.25) is 0 Å². The molecular weight excluding hydrogens is 174 g/mol. The first kappa shape index (κ1) is 12.0. The van der Waals surface area contributed by atoms with Gasteiger partial charge in [0, 0.05) is 0 Å². The zero-order valence-electron chi connectivity index (χ0n) is 9.71. The zero-order chi connectivity index (χ0) is 10.4. The Kier molecular flexibility index (Phi) is 5.49. The fourth-order valence-corrected chi connectivity index (χ4v) is 2.16. The van der Waals surface area contributed by atoms with E-state index in [9.17, 15) is 0 Å². The Hall–Kier alpha value is -0.0800. The van der Waals surface area contributed by atoms with E-state index in [0.717, 1.165) is 18.8 Å². The second-order valence-corrected chi connectivity index (χ2v) is 4.87. The summed E-state index contributed by atoms with van der Waals surface area (Å²) in [6.45, 7) is 7.95. The van der Waals surface area contributed by atoms with Crippen LogP contribution in [-0.2, 0) is 0 Å². The van der Waals surface area contributed by atoms with Gasteiger partial charge in [0.2, 0.25) is 0 Å². The smallest absolute Gasteiger partial charge is 0.0512 e. The minimum absolute atomic E-state index is 0.124. The maximum Gasteiger partial charge on any atom is 0.0512 e. The Morgan fingerprint density at radius 1 is 1.36 bits per heavy atom. The molecule has 0 aromatic heterocycles. The van der Waals surface area contributed by atoms with Crippen molar-refractivity contribution >= 4 is 0 Å². The number of hydrogen-bond acceptors (Lipinski definition) is 2. The molecule has 2 heteroatoms. The van der Waals surface area contributed by atoms with Crippen molar-refractivity contribution in [2.75, 3.05) is 19.6 Å². The van der Waals surface area contributed by atoms with E-state index in [2.05, 4.69) is 11.8 Å². The largest absolute Gasteiger partial charge is 0.393 e. The Balaban J connectivity index is 2.11. The molecule has 84 valence electrons. The van der Waals surface area contributed by atoms with Gasteiger partial charge in [-0.15, -0.1) is 0 Å². The van der Waals surface area contributed by atoms with Crippen molar-refractivity contribution in [3.63, 3.8) is 0 Å². The quantitative estimate of drug-likeness (QED) is 0.751. The lowest BCUT2D eigenvalue weighted by molar-refractivity contribution is 0.171. The van der Waals surface area contributed by atoms with Gasteiger partial charge >= 0.3 is 0 Å². The fourth-order valence-electron chi connectivity index (χ4n) is 2.16. The molecule has 1 fully saturated rings. The van der Waals surface area contributed by atoms with Crippen molar-refractivity contribution < 1.29 is 5.11 Å². The SMILES string of the molecule is CC(O)CCCN1CCCC(C)CC1. The average molecular weight is 199 g/mol. The monoisotopic (exact) mass is 199 g/mol. The second-order valence-electron chi connectivity index (χ2n) is 4.87. The molecule has 1 aliphatic rings. The van der Waals surface area contributed by atoms with Crippen molar-refractivity contribution in [3.05, 3.63) is 0 Å². The Labute approximate surface area is 88.3 Å². The summed E-state index contributed by atoms with van der Waals surface area (Å²) in [6, 6.07) is 0. The second kappa shape index (κ2) is 6.41. The molecule has 14 heavy (non-hydrogen) atoms. The van der Waals surface area contributed by atoms with Gasteiger partial charge in [-0.1, -0.05) is 6.92 Å². The zero-order valence-corrected chi connectivity index (χ0v) is 9.71. The number of nitrogens with zero attached hydrogens (tertiary/aromatic N) is 1. The Morgan fingerprint density at radius 3 is 2.86 bits per heavy atom. The van der Waals surface area contributed by atoms with E-state index in [1.165, 1.54) is 38.9 Å². The number of likely N-dealkylation sites (tertiary alicyclic amines) is 1. The summed E-state index contributed by atoms with van der Waals surface area (Å²) in [5.74, 6) is 0.914. The lowest BCUT2D eigenvalue weighted by Crippen LogP contribution is -2.26. The Bertz CT molecular complexity index is 147. The first-order valence-corrected chi connectivity index (χ1v) is 6.09. The molecule has 1 heterocycles. The van der Waals surface area contributed by atoms with Gasteiger partial charge in [0.25, 0.3) is 0 Å². The van der Waals surface area contributed by atoms with E-state index in [-0.39, 0.29) is 6.10 Å². The van der Waals surface area contributed by atoms with Gasteiger partial charge in [0.05, 0.1) is 6.10 Å². The fraction of sp³-hybridized carbons (Fsp3) is 1.00. The van der Waals surface area contributed by atoms with E-state index in [1.807, 2.05) is 6.92 Å². The third-order valence-corrected chi connectivity index (χ3v) is 3.21. The molecule has 0 spiro atoms. The van der Waals surface area contributed by atoms with Crippen molar-refractivity contribution in [1.29, 1.82) is 0 Å². The normalized spacial score (nSPS) is 27.2. The molecule has 1 saturated heterocycles. The molecule has 2 nitrogen and oxygen atoms in total. The summed E-state index contributed by atoms with van der Waals surface area (Å²) in [5, 5.41) is 9.16. The van der Waals surface area contributed by atoms with Crippen LogP contribution in [0.1, 0.15) is 46.0 Å². The van der Waals surface area contributed by atoms with Crippen LogP contribution >= 0.6 is 0 Å². The molecule has 2 atom stereocenters. The number of rotatable bonds is 4. The van der Waals surface area contributed by atoms with Crippen LogP contribution in [0.25, 0.3) is 0 Å². The number of aliphatic hydroxyl groups is 1. The summed E-state index contributed by atoms with van der Waals surface area (Å²) in [7, 11) is 0. The minimum atomic E-state index is -0.124. The standard InChI is InChI=1S/C12H25NO/c1-11-5-3-8-13(10-7-11)9-4-6-12(2)14/h11-12,14H,3-10H2,1-2H3. The molecule has 1 rings (SSSR count). The summed E-state index contributed by atoms with van der Waals surface area (Å²) in [6.07, 6.45) is 6.08. The summed E-state index contributed by atoms with van der Waals surface area (Å²) >= 11 is 0. The summed E-state index contributed by atoms with van der Waals surface area (Å²) < 4.78 is 0. The van der Waals surface area contributed by atoms with E-state index in [4.69, 9.17) is 5.11 Å². The molecule has 1 aliphatic heterocycles. The Morgan fingerprint density at radius 2 is 2.14 bits per heavy atom. The van der Waals surface area contributed by atoms with Gasteiger partial charge in [-0.05, 0) is 64.6 Å². The van der Waals surface area contributed by atoms with Crippen molar-refractivity contribution in [3.8, 4) is 0 Å². The molecule has 0 aromatic carbocycles. The summed E-state index contributed by atoms with van der Waals surface area (Å²) in [5.41, 5.74) is 0. The summed E-state index contributed by atoms with van der Waals surface area (Å²) in [4.78, 5) is 2.56. The van der Waals surface area contributed by atoms with Crippen LogP contribution in [0.4, 0.5) is 0 Å². The van der Waals surface area contributed by atoms with Crippen molar-refractivity contribution in [1.82, 2.24) is 4.90 Å². The van der Waals surface area contributed by atoms with Gasteiger partial charge in [-0.2, -0.15) is 0 Å². The molecule has 2 unspecified atom stereocenters. The lowest BCUT2D eigenvalue weighted by atomic mass is 10.0. The first-order chi connectivity index (χ1) is 6.68. The average Bonchev–Trinajstić information content (AvgIpc) is 2.30. The number of aliphatic hydroxyl groups excluding tert-OH is 1. The third-order valence-electron chi connectivity index (χ3n) is 3.21. The highest BCUT2D eigenvalue weighted by Crippen LogP contribution is 2.16. The lowest BCUT2D eigenvalue weighted by Gasteiger charge is -2.19. The maximum atomic E-state index is 9.16. The molecule has 0 saturated carbocycles. The molecule has 1 N–H and O–H groups in total. The van der Waals surface area contributed by atoms with E-state index < -0.39 is 0 Å². The van der Waals surface area contributed by atoms with Crippen LogP contribution in [0.15, 0.2) is 0 Å². The highest BCUT2D eigenvalue weighted by molar-refractivity contribution is 4.67. The molecule has 0 bridgehead atoms. The predicted octanol–water partition coefficient (Wildman–Crippen LogP) is 2.27. The van der Waals surface area contributed by atoms with Gasteiger partial charge in [0.1, 0.15) is 0 Å². The van der Waals surface area contributed by atoms with Gasteiger partial charge in [0.15, 0.2) is 0 Å². The van der Waals surface area contributed by atoms with E-state index >= 15 is 0 Å². The predicted molar refractivity (Wildman–Crippen MR) is 60.4 cm³/mol. The van der Waals surface area contributed by atoms with Crippen molar-refractivity contribution in [2.45, 2.75) is 52.1 Å². The van der Waals surface area contributed by atoms with Gasteiger partial charge < -0.3 is 10.0 Å². The molecule has 0 aromatic rings. The third kappa shape index (κ3) is 4.97. The van der Waals surface area contributed by atoms with E-state index in [0.29, 0.717) is 0 Å². The van der Waals surface area contributed by atoms with Crippen LogP contribution in [0.5, 0.6) is 0 Å². The molecular formula is C12H25NO. The highest BCUT2D eigenvalue weighted by Gasteiger charge is 2.13. The maximum absolute atomic E-state index is 9.16. The molecule has 0 aliphatic carbocycles. The molecule has 0 amide bonds. The van der Waals surface area contributed by atoms with Crippen LogP contribution in [-0.4, -0.2) is 35.7 Å².